The lowest BCUT2D eigenvalue weighted by Gasteiger charge is -2.22. The maximum atomic E-state index is 12.6. The van der Waals surface area contributed by atoms with Crippen LogP contribution in [0.1, 0.15) is 24.0 Å². The van der Waals surface area contributed by atoms with Crippen LogP contribution in [0.25, 0.3) is 0 Å². The van der Waals surface area contributed by atoms with E-state index in [0.29, 0.717) is 25.6 Å². The lowest BCUT2D eigenvalue weighted by molar-refractivity contribution is -0.137. The van der Waals surface area contributed by atoms with Crippen LogP contribution in [0.3, 0.4) is 0 Å². The van der Waals surface area contributed by atoms with Gasteiger partial charge in [-0.1, -0.05) is 12.1 Å². The number of nitrogens with one attached hydrogen (secondary N) is 2. The highest BCUT2D eigenvalue weighted by atomic mass is 127. The molecular weight excluding hydrogens is 460 g/mol. The fourth-order valence-corrected chi connectivity index (χ4v) is 2.38. The van der Waals surface area contributed by atoms with Gasteiger partial charge in [-0.15, -0.1) is 24.0 Å². The Balaban J connectivity index is 0.00000338. The second-order valence-corrected chi connectivity index (χ2v) is 6.09. The van der Waals surface area contributed by atoms with E-state index in [2.05, 4.69) is 15.6 Å². The Morgan fingerprint density at radius 2 is 1.77 bits per heavy atom. The minimum absolute atomic E-state index is 0. The van der Waals surface area contributed by atoms with Crippen molar-refractivity contribution in [1.29, 1.82) is 0 Å². The van der Waals surface area contributed by atoms with Crippen molar-refractivity contribution in [2.45, 2.75) is 25.6 Å². The fourth-order valence-electron chi connectivity index (χ4n) is 2.38. The van der Waals surface area contributed by atoms with E-state index in [9.17, 15) is 18.0 Å². The Kier molecular flexibility index (Phi) is 8.65. The van der Waals surface area contributed by atoms with Gasteiger partial charge in [0.05, 0.1) is 5.56 Å². The number of rotatable bonds is 6. The molecule has 0 bridgehead atoms. The molecule has 5 nitrogen and oxygen atoms in total. The molecule has 1 amide bonds. The number of hydrogen-bond donors (Lipinski definition) is 2. The third-order valence-corrected chi connectivity index (χ3v) is 3.93. The minimum atomic E-state index is -4.33. The molecule has 2 rings (SSSR count). The Morgan fingerprint density at radius 1 is 1.19 bits per heavy atom. The van der Waals surface area contributed by atoms with Crippen molar-refractivity contribution < 1.29 is 18.0 Å². The average molecular weight is 484 g/mol. The number of alkyl halides is 3. The summed E-state index contributed by atoms with van der Waals surface area (Å²) < 4.78 is 37.7. The van der Waals surface area contributed by atoms with Gasteiger partial charge >= 0.3 is 6.18 Å². The van der Waals surface area contributed by atoms with Crippen LogP contribution < -0.4 is 10.6 Å². The Hall–Kier alpha value is -1.52. The van der Waals surface area contributed by atoms with Gasteiger partial charge in [-0.25, -0.2) is 0 Å². The van der Waals surface area contributed by atoms with Gasteiger partial charge in [-0.05, 0) is 30.5 Å². The molecule has 1 aromatic carbocycles. The molecule has 2 N–H and O–H groups in total. The topological polar surface area (TPSA) is 56.7 Å². The van der Waals surface area contributed by atoms with Crippen LogP contribution in [0, 0.1) is 5.92 Å². The Labute approximate surface area is 168 Å². The number of carbonyl (C=O) groups excluding carboxylic acids is 1. The highest BCUT2D eigenvalue weighted by Gasteiger charge is 2.30. The van der Waals surface area contributed by atoms with Crippen LogP contribution in [0.15, 0.2) is 29.3 Å². The summed E-state index contributed by atoms with van der Waals surface area (Å²) in [6.45, 7) is 1.46. The molecule has 0 unspecified atom stereocenters. The largest absolute Gasteiger partial charge is 0.416 e. The summed E-state index contributed by atoms with van der Waals surface area (Å²) in [5.41, 5.74) is 0.0910. The molecule has 1 aliphatic carbocycles. The average Bonchev–Trinajstić information content (AvgIpc) is 3.39. The molecule has 0 aromatic heterocycles. The summed E-state index contributed by atoms with van der Waals surface area (Å²) in [6.07, 6.45) is -2.39. The molecule has 0 spiro atoms. The van der Waals surface area contributed by atoms with Gasteiger partial charge in [0.15, 0.2) is 5.96 Å². The van der Waals surface area contributed by atoms with E-state index in [1.807, 2.05) is 4.90 Å². The lowest BCUT2D eigenvalue weighted by atomic mass is 10.1. The third-order valence-electron chi connectivity index (χ3n) is 3.93. The number of carbonyl (C=O) groups is 1. The molecule has 1 aliphatic rings. The van der Waals surface area contributed by atoms with Gasteiger partial charge < -0.3 is 15.5 Å². The molecule has 1 saturated carbocycles. The zero-order valence-electron chi connectivity index (χ0n) is 14.8. The number of aliphatic imine (C=N–C) groups is 1. The first-order valence-corrected chi connectivity index (χ1v) is 8.17. The second-order valence-electron chi connectivity index (χ2n) is 6.09. The summed E-state index contributed by atoms with van der Waals surface area (Å²) in [5, 5.41) is 5.97. The molecule has 9 heteroatoms. The molecule has 0 radical (unpaired) electrons. The summed E-state index contributed by atoms with van der Waals surface area (Å²) >= 11 is 0. The van der Waals surface area contributed by atoms with E-state index in [1.54, 1.807) is 14.1 Å². The first kappa shape index (κ1) is 22.5. The molecule has 0 heterocycles. The summed E-state index contributed by atoms with van der Waals surface area (Å²) in [7, 11) is 3.43. The molecular formula is C17H24F3IN4O. The van der Waals surface area contributed by atoms with E-state index >= 15 is 0 Å². The van der Waals surface area contributed by atoms with E-state index in [4.69, 9.17) is 0 Å². The highest BCUT2D eigenvalue weighted by Crippen LogP contribution is 2.29. The molecule has 0 aliphatic heterocycles. The maximum absolute atomic E-state index is 12.6. The van der Waals surface area contributed by atoms with Crippen LogP contribution in [0.4, 0.5) is 13.2 Å². The van der Waals surface area contributed by atoms with Crippen LogP contribution in [-0.4, -0.2) is 44.0 Å². The predicted octanol–water partition coefficient (Wildman–Crippen LogP) is 2.86. The second kappa shape index (κ2) is 9.98. The summed E-state index contributed by atoms with van der Waals surface area (Å²) in [4.78, 5) is 17.5. The van der Waals surface area contributed by atoms with Gasteiger partial charge in [-0.3, -0.25) is 9.79 Å². The summed E-state index contributed by atoms with van der Waals surface area (Å²) in [5.74, 6) is 0.886. The Morgan fingerprint density at radius 3 is 2.27 bits per heavy atom. The van der Waals surface area contributed by atoms with E-state index < -0.39 is 11.7 Å². The fraction of sp³-hybridized carbons (Fsp3) is 0.529. The monoisotopic (exact) mass is 484 g/mol. The number of benzene rings is 1. The highest BCUT2D eigenvalue weighted by molar-refractivity contribution is 14.0. The normalized spacial score (nSPS) is 14.4. The molecule has 1 fully saturated rings. The van der Waals surface area contributed by atoms with Gasteiger partial charge in [0.1, 0.15) is 0 Å². The number of nitrogens with zero attached hydrogens (tertiary/aromatic N) is 2. The van der Waals surface area contributed by atoms with E-state index in [1.165, 1.54) is 12.1 Å². The maximum Gasteiger partial charge on any atom is 0.416 e. The number of guanidine groups is 1. The van der Waals surface area contributed by atoms with Crippen LogP contribution in [0.2, 0.25) is 0 Å². The Bertz CT molecular complexity index is 615. The predicted molar refractivity (Wildman–Crippen MR) is 105 cm³/mol. The van der Waals surface area contributed by atoms with Crippen molar-refractivity contribution in [2.24, 2.45) is 10.9 Å². The number of halogens is 4. The van der Waals surface area contributed by atoms with E-state index in [0.717, 1.165) is 30.5 Å². The molecule has 146 valence electrons. The van der Waals surface area contributed by atoms with Gasteiger partial charge in [0.25, 0.3) is 0 Å². The van der Waals surface area contributed by atoms with Crippen molar-refractivity contribution in [2.75, 3.05) is 27.2 Å². The lowest BCUT2D eigenvalue weighted by Crippen LogP contribution is -2.42. The first-order valence-electron chi connectivity index (χ1n) is 8.17. The van der Waals surface area contributed by atoms with Crippen LogP contribution >= 0.6 is 24.0 Å². The van der Waals surface area contributed by atoms with Crippen molar-refractivity contribution in [3.05, 3.63) is 35.4 Å². The molecule has 0 atom stereocenters. The minimum Gasteiger partial charge on any atom is -0.354 e. The van der Waals surface area contributed by atoms with E-state index in [-0.39, 0.29) is 35.8 Å². The zero-order chi connectivity index (χ0) is 18.4. The number of hydrogen-bond acceptors (Lipinski definition) is 2. The quantitative estimate of drug-likeness (QED) is 0.283. The zero-order valence-corrected chi connectivity index (χ0v) is 17.1. The van der Waals surface area contributed by atoms with Gasteiger partial charge in [0, 0.05) is 39.6 Å². The van der Waals surface area contributed by atoms with Gasteiger partial charge in [-0.2, -0.15) is 13.2 Å². The number of amides is 1. The molecule has 26 heavy (non-hydrogen) atoms. The van der Waals surface area contributed by atoms with Crippen LogP contribution in [0.5, 0.6) is 0 Å². The first-order chi connectivity index (χ1) is 11.8. The van der Waals surface area contributed by atoms with Crippen molar-refractivity contribution in [1.82, 2.24) is 15.5 Å². The smallest absolute Gasteiger partial charge is 0.354 e. The third kappa shape index (κ3) is 7.00. The standard InChI is InChI=1S/C17H23F3N4O.HI/c1-21-16(23-10-9-22-15(25)13-5-6-13)24(2)11-12-3-7-14(8-4-12)17(18,19)20;/h3-4,7-8,13H,5-6,9-11H2,1-2H3,(H,21,23)(H,22,25);1H. The van der Waals surface area contributed by atoms with Crippen molar-refractivity contribution in [3.63, 3.8) is 0 Å². The molecule has 1 aromatic rings. The SMILES string of the molecule is CN=C(NCCNC(=O)C1CC1)N(C)Cc1ccc(C(F)(F)F)cc1.I. The van der Waals surface area contributed by atoms with Crippen LogP contribution in [-0.2, 0) is 17.5 Å². The molecule has 0 saturated heterocycles. The van der Waals surface area contributed by atoms with Gasteiger partial charge in [0.2, 0.25) is 5.91 Å². The van der Waals surface area contributed by atoms with Crippen molar-refractivity contribution >= 4 is 35.8 Å². The van der Waals surface area contributed by atoms with Crippen molar-refractivity contribution in [3.8, 4) is 0 Å². The summed E-state index contributed by atoms with van der Waals surface area (Å²) in [6, 6.07) is 5.07.